The van der Waals surface area contributed by atoms with Crippen molar-refractivity contribution in [3.05, 3.63) is 33.3 Å². The van der Waals surface area contributed by atoms with E-state index in [-0.39, 0.29) is 10.7 Å². The lowest BCUT2D eigenvalue weighted by molar-refractivity contribution is -0.384. The molecule has 0 bridgehead atoms. The molecule has 5 heteroatoms. The normalized spacial score (nSPS) is 22.6. The van der Waals surface area contributed by atoms with Gasteiger partial charge < -0.3 is 5.32 Å². The molecule has 1 aliphatic carbocycles. The van der Waals surface area contributed by atoms with Crippen molar-refractivity contribution < 1.29 is 4.92 Å². The molecule has 1 aromatic rings. The summed E-state index contributed by atoms with van der Waals surface area (Å²) >= 11 is 5.96. The van der Waals surface area contributed by atoms with Crippen LogP contribution in [-0.2, 0) is 0 Å². The Hall–Kier alpha value is -1.29. The summed E-state index contributed by atoms with van der Waals surface area (Å²) in [7, 11) is 0. The number of nitro benzene ring substituents is 1. The van der Waals surface area contributed by atoms with Crippen LogP contribution in [-0.4, -0.2) is 11.0 Å². The van der Waals surface area contributed by atoms with E-state index in [4.69, 9.17) is 11.6 Å². The average Bonchev–Trinajstić information content (AvgIpc) is 2.65. The summed E-state index contributed by atoms with van der Waals surface area (Å²) in [5.41, 5.74) is 0.843. The van der Waals surface area contributed by atoms with E-state index in [1.54, 1.807) is 12.1 Å². The average molecular weight is 311 g/mol. The third-order valence-electron chi connectivity index (χ3n) is 4.30. The highest BCUT2D eigenvalue weighted by Gasteiger charge is 2.19. The van der Waals surface area contributed by atoms with Gasteiger partial charge >= 0.3 is 0 Å². The maximum Gasteiger partial charge on any atom is 0.288 e. The number of halogens is 1. The first-order valence-electron chi connectivity index (χ1n) is 7.80. The number of nitrogens with one attached hydrogen (secondary N) is 1. The fraction of sp³-hybridized carbons (Fsp3) is 0.625. The van der Waals surface area contributed by atoms with Crippen molar-refractivity contribution in [1.29, 1.82) is 0 Å². The lowest BCUT2D eigenvalue weighted by Crippen LogP contribution is -2.18. The van der Waals surface area contributed by atoms with Crippen LogP contribution >= 0.6 is 11.6 Å². The smallest absolute Gasteiger partial charge is 0.288 e. The standard InChI is InChI=1S/C16H23ClN2O2/c1-2-4-12-5-3-6-13(8-7-12)18-14-9-10-16(19(20)21)15(17)11-14/h9-13,18H,2-8H2,1H3. The molecule has 1 N–H and O–H groups in total. The van der Waals surface area contributed by atoms with Crippen molar-refractivity contribution >= 4 is 23.0 Å². The topological polar surface area (TPSA) is 55.2 Å². The van der Waals surface area contributed by atoms with Crippen molar-refractivity contribution in [3.63, 3.8) is 0 Å². The van der Waals surface area contributed by atoms with Gasteiger partial charge in [-0.2, -0.15) is 0 Å². The molecule has 0 amide bonds. The van der Waals surface area contributed by atoms with Crippen LogP contribution in [0.4, 0.5) is 11.4 Å². The van der Waals surface area contributed by atoms with Crippen LogP contribution in [0, 0.1) is 16.0 Å². The minimum absolute atomic E-state index is 0.0360. The summed E-state index contributed by atoms with van der Waals surface area (Å²) in [5, 5.41) is 14.4. The van der Waals surface area contributed by atoms with Gasteiger partial charge in [0.15, 0.2) is 0 Å². The van der Waals surface area contributed by atoms with E-state index >= 15 is 0 Å². The molecule has 0 aromatic heterocycles. The summed E-state index contributed by atoms with van der Waals surface area (Å²) in [5.74, 6) is 0.863. The third kappa shape index (κ3) is 4.60. The second kappa shape index (κ2) is 7.64. The van der Waals surface area contributed by atoms with Gasteiger partial charge in [-0.25, -0.2) is 0 Å². The first-order valence-corrected chi connectivity index (χ1v) is 8.18. The molecule has 4 nitrogen and oxygen atoms in total. The Labute approximate surface area is 131 Å². The van der Waals surface area contributed by atoms with Gasteiger partial charge in [0, 0.05) is 17.8 Å². The minimum Gasteiger partial charge on any atom is -0.382 e. The Balaban J connectivity index is 1.95. The number of rotatable bonds is 5. The van der Waals surface area contributed by atoms with E-state index in [1.165, 1.54) is 44.6 Å². The Morgan fingerprint density at radius 1 is 1.33 bits per heavy atom. The molecular weight excluding hydrogens is 288 g/mol. The van der Waals surface area contributed by atoms with Gasteiger partial charge in [-0.15, -0.1) is 0 Å². The Kier molecular flexibility index (Phi) is 5.85. The predicted molar refractivity (Wildman–Crippen MR) is 87.0 cm³/mol. The summed E-state index contributed by atoms with van der Waals surface area (Å²) in [4.78, 5) is 10.3. The molecule has 0 aliphatic heterocycles. The van der Waals surface area contributed by atoms with E-state index in [0.717, 1.165) is 18.0 Å². The summed E-state index contributed by atoms with van der Waals surface area (Å²) in [6.45, 7) is 2.25. The fourth-order valence-corrected chi connectivity index (χ4v) is 3.45. The van der Waals surface area contributed by atoms with Gasteiger partial charge in [0.05, 0.1) is 4.92 Å². The van der Waals surface area contributed by atoms with Crippen molar-refractivity contribution in [1.82, 2.24) is 0 Å². The number of hydrogen-bond acceptors (Lipinski definition) is 3. The van der Waals surface area contributed by atoms with Gasteiger partial charge in [-0.3, -0.25) is 10.1 Å². The maximum absolute atomic E-state index is 10.8. The molecule has 1 saturated carbocycles. The summed E-state index contributed by atoms with van der Waals surface area (Å²) < 4.78 is 0. The maximum atomic E-state index is 10.8. The lowest BCUT2D eigenvalue weighted by Gasteiger charge is -2.18. The number of nitrogens with zero attached hydrogens (tertiary/aromatic N) is 1. The first kappa shape index (κ1) is 16.1. The highest BCUT2D eigenvalue weighted by Crippen LogP contribution is 2.31. The largest absolute Gasteiger partial charge is 0.382 e. The van der Waals surface area contributed by atoms with Crippen molar-refractivity contribution in [2.45, 2.75) is 57.9 Å². The highest BCUT2D eigenvalue weighted by molar-refractivity contribution is 6.32. The number of hydrogen-bond donors (Lipinski definition) is 1. The zero-order valence-electron chi connectivity index (χ0n) is 12.5. The molecule has 0 heterocycles. The number of anilines is 1. The molecule has 0 saturated heterocycles. The van der Waals surface area contributed by atoms with Crippen molar-refractivity contribution in [2.75, 3.05) is 5.32 Å². The second-order valence-corrected chi connectivity index (χ2v) is 6.33. The predicted octanol–water partition coefficient (Wildman–Crippen LogP) is 5.41. The second-order valence-electron chi connectivity index (χ2n) is 5.93. The third-order valence-corrected chi connectivity index (χ3v) is 4.60. The van der Waals surface area contributed by atoms with Crippen LogP contribution in [0.2, 0.25) is 5.02 Å². The molecule has 0 spiro atoms. The summed E-state index contributed by atoms with van der Waals surface area (Å²) in [6.07, 6.45) is 8.77. The molecular formula is C16H23ClN2O2. The van der Waals surface area contributed by atoms with Crippen LogP contribution in [0.25, 0.3) is 0 Å². The fourth-order valence-electron chi connectivity index (χ4n) is 3.20. The van der Waals surface area contributed by atoms with Gasteiger partial charge in [-0.1, -0.05) is 44.2 Å². The van der Waals surface area contributed by atoms with Crippen molar-refractivity contribution in [3.8, 4) is 0 Å². The van der Waals surface area contributed by atoms with E-state index in [1.807, 2.05) is 0 Å². The zero-order valence-corrected chi connectivity index (χ0v) is 13.2. The molecule has 1 fully saturated rings. The van der Waals surface area contributed by atoms with Gasteiger partial charge in [0.1, 0.15) is 5.02 Å². The molecule has 0 radical (unpaired) electrons. The van der Waals surface area contributed by atoms with Crippen molar-refractivity contribution in [2.24, 2.45) is 5.92 Å². The number of benzene rings is 1. The van der Waals surface area contributed by atoms with Crippen LogP contribution in [0.1, 0.15) is 51.9 Å². The van der Waals surface area contributed by atoms with Gasteiger partial charge in [0.25, 0.3) is 5.69 Å². The Morgan fingerprint density at radius 2 is 2.14 bits per heavy atom. The molecule has 116 valence electrons. The molecule has 21 heavy (non-hydrogen) atoms. The number of nitro groups is 1. The first-order chi connectivity index (χ1) is 10.1. The van der Waals surface area contributed by atoms with E-state index in [0.29, 0.717) is 6.04 Å². The summed E-state index contributed by atoms with van der Waals surface area (Å²) in [6, 6.07) is 5.33. The van der Waals surface area contributed by atoms with Crippen LogP contribution in [0.3, 0.4) is 0 Å². The highest BCUT2D eigenvalue weighted by atomic mass is 35.5. The van der Waals surface area contributed by atoms with E-state index in [9.17, 15) is 10.1 Å². The van der Waals surface area contributed by atoms with Crippen LogP contribution < -0.4 is 5.32 Å². The monoisotopic (exact) mass is 310 g/mol. The van der Waals surface area contributed by atoms with Crippen LogP contribution in [0.15, 0.2) is 18.2 Å². The molecule has 2 rings (SSSR count). The van der Waals surface area contributed by atoms with Gasteiger partial charge in [-0.05, 0) is 37.3 Å². The van der Waals surface area contributed by atoms with E-state index in [2.05, 4.69) is 12.2 Å². The lowest BCUT2D eigenvalue weighted by atomic mass is 9.95. The zero-order chi connectivity index (χ0) is 15.2. The van der Waals surface area contributed by atoms with E-state index < -0.39 is 4.92 Å². The van der Waals surface area contributed by atoms with Crippen LogP contribution in [0.5, 0.6) is 0 Å². The molecule has 2 unspecified atom stereocenters. The molecule has 1 aromatic carbocycles. The quantitative estimate of drug-likeness (QED) is 0.449. The minimum atomic E-state index is -0.451. The van der Waals surface area contributed by atoms with Gasteiger partial charge in [0.2, 0.25) is 0 Å². The molecule has 2 atom stereocenters. The Morgan fingerprint density at radius 3 is 2.81 bits per heavy atom. The SMILES string of the molecule is CCCC1CCCC(Nc2ccc([N+](=O)[O-])c(Cl)c2)CC1. The molecule has 1 aliphatic rings. The Bertz CT molecular complexity index is 493.